The molecule has 78 valence electrons. The van der Waals surface area contributed by atoms with Crippen LogP contribution in [0.1, 0.15) is 12.8 Å². The number of carboxylic acid groups (broad SMARTS) is 1. The Morgan fingerprint density at radius 1 is 1.86 bits per heavy atom. The average Bonchev–Trinajstić information content (AvgIpc) is 2.62. The molecule has 0 amide bonds. The predicted octanol–water partition coefficient (Wildman–Crippen LogP) is 0.488. The Morgan fingerprint density at radius 2 is 2.57 bits per heavy atom. The predicted molar refractivity (Wildman–Crippen MR) is 44.7 cm³/mol. The number of nitrogens with zero attached hydrogens (tertiary/aromatic N) is 3. The summed E-state index contributed by atoms with van der Waals surface area (Å²) in [5.41, 5.74) is 0. The molecule has 7 heteroatoms. The molecule has 1 aliphatic heterocycles. The maximum absolute atomic E-state index is 11.2. The van der Waals surface area contributed by atoms with Crippen molar-refractivity contribution in [3.63, 3.8) is 0 Å². The van der Waals surface area contributed by atoms with Crippen LogP contribution in [0.25, 0.3) is 0 Å². The van der Waals surface area contributed by atoms with Gasteiger partial charge in [-0.05, 0) is 12.8 Å². The molecule has 7 nitrogen and oxygen atoms in total. The Morgan fingerprint density at radius 3 is 3.14 bits per heavy atom. The lowest BCUT2D eigenvalue weighted by molar-refractivity contribution is -0.710. The largest absolute Gasteiger partial charge is 0.569 e. The van der Waals surface area contributed by atoms with Crippen LogP contribution in [-0.2, 0) is 9.63 Å². The molecule has 0 aliphatic carbocycles. The first kappa shape index (κ1) is 10.3. The normalized spacial score (nSPS) is 22.1. The lowest BCUT2D eigenvalue weighted by Gasteiger charge is -2.15. The second-order valence-corrected chi connectivity index (χ2v) is 2.77. The van der Waals surface area contributed by atoms with E-state index in [4.69, 9.17) is 5.11 Å². The zero-order valence-electron chi connectivity index (χ0n) is 7.50. The molecule has 1 heterocycles. The molecular weight excluding hydrogens is 190 g/mol. The van der Waals surface area contributed by atoms with Crippen molar-refractivity contribution < 1.29 is 19.7 Å². The molecule has 1 atom stereocenters. The van der Waals surface area contributed by atoms with E-state index in [0.717, 1.165) is 11.3 Å². The Bertz CT molecular complexity index is 266. The van der Waals surface area contributed by atoms with Crippen molar-refractivity contribution in [2.24, 2.45) is 5.28 Å². The SMILES string of the molecule is C=CO/N=[N+](\[O-])N1CCCC1C(=O)O. The molecule has 1 saturated heterocycles. The Labute approximate surface area is 80.4 Å². The zero-order valence-corrected chi connectivity index (χ0v) is 7.50. The molecule has 1 N–H and O–H groups in total. The lowest BCUT2D eigenvalue weighted by atomic mass is 10.2. The summed E-state index contributed by atoms with van der Waals surface area (Å²) in [6, 6.07) is -0.815. The first-order valence-electron chi connectivity index (χ1n) is 4.11. The van der Waals surface area contributed by atoms with Crippen molar-refractivity contribution in [3.05, 3.63) is 18.0 Å². The van der Waals surface area contributed by atoms with Crippen molar-refractivity contribution >= 4 is 5.97 Å². The molecule has 1 unspecified atom stereocenters. The van der Waals surface area contributed by atoms with E-state index in [-0.39, 0.29) is 4.97 Å². The van der Waals surface area contributed by atoms with Gasteiger partial charge < -0.3 is 15.2 Å². The standard InChI is InChI=1S/C7H11N3O4/c1-2-14-8-10(13)9-5-3-4-6(9)7(11)12/h2,6H,1,3-5H2,(H,11,12)/b10-8-. The fraction of sp³-hybridized carbons (Fsp3) is 0.571. The maximum Gasteiger partial charge on any atom is 0.332 e. The average molecular weight is 201 g/mol. The van der Waals surface area contributed by atoms with E-state index in [1.807, 2.05) is 0 Å². The van der Waals surface area contributed by atoms with Gasteiger partial charge in [0.1, 0.15) is 6.26 Å². The van der Waals surface area contributed by atoms with Crippen LogP contribution in [0.15, 0.2) is 18.1 Å². The summed E-state index contributed by atoms with van der Waals surface area (Å²) in [7, 11) is 0. The van der Waals surface area contributed by atoms with Gasteiger partial charge in [0.05, 0.1) is 11.5 Å². The Kier molecular flexibility index (Phi) is 3.27. The number of aliphatic carboxylic acids is 1. The van der Waals surface area contributed by atoms with Gasteiger partial charge in [-0.25, -0.2) is 4.79 Å². The van der Waals surface area contributed by atoms with Gasteiger partial charge >= 0.3 is 5.97 Å². The van der Waals surface area contributed by atoms with Gasteiger partial charge in [-0.2, -0.15) is 0 Å². The first-order valence-corrected chi connectivity index (χ1v) is 4.11. The minimum Gasteiger partial charge on any atom is -0.569 e. The number of hydrogen-bond acceptors (Lipinski definition) is 4. The Balaban J connectivity index is 2.66. The summed E-state index contributed by atoms with van der Waals surface area (Å²) in [5.74, 6) is -1.03. The van der Waals surface area contributed by atoms with E-state index in [2.05, 4.69) is 16.7 Å². The van der Waals surface area contributed by atoms with E-state index < -0.39 is 12.0 Å². The fourth-order valence-corrected chi connectivity index (χ4v) is 1.33. The van der Waals surface area contributed by atoms with Crippen LogP contribution in [0.5, 0.6) is 0 Å². The molecule has 0 aromatic rings. The van der Waals surface area contributed by atoms with Gasteiger partial charge in [-0.3, -0.25) is 0 Å². The smallest absolute Gasteiger partial charge is 0.332 e. The summed E-state index contributed by atoms with van der Waals surface area (Å²) in [6.07, 6.45) is 2.08. The number of hydrogen-bond donors (Lipinski definition) is 1. The molecule has 0 aromatic heterocycles. The summed E-state index contributed by atoms with van der Waals surface area (Å²) < 4.78 is 0. The van der Waals surface area contributed by atoms with Gasteiger partial charge in [0.2, 0.25) is 5.28 Å². The molecule has 1 fully saturated rings. The summed E-state index contributed by atoms with van der Waals surface area (Å²) >= 11 is 0. The van der Waals surface area contributed by atoms with Crippen LogP contribution in [0.3, 0.4) is 0 Å². The second kappa shape index (κ2) is 4.45. The third-order valence-electron chi connectivity index (χ3n) is 1.92. The van der Waals surface area contributed by atoms with Gasteiger partial charge in [-0.1, -0.05) is 6.58 Å². The van der Waals surface area contributed by atoms with Gasteiger partial charge in [0, 0.05) is 0 Å². The molecule has 0 radical (unpaired) electrons. The van der Waals surface area contributed by atoms with Crippen molar-refractivity contribution in [3.8, 4) is 0 Å². The lowest BCUT2D eigenvalue weighted by Crippen LogP contribution is -2.40. The molecule has 1 aliphatic rings. The molecule has 0 saturated carbocycles. The molecule has 1 rings (SSSR count). The van der Waals surface area contributed by atoms with Gasteiger partial charge in [0.15, 0.2) is 6.04 Å². The van der Waals surface area contributed by atoms with Crippen LogP contribution in [-0.4, -0.2) is 33.6 Å². The summed E-state index contributed by atoms with van der Waals surface area (Å²) in [6.45, 7) is 3.56. The highest BCUT2D eigenvalue weighted by Crippen LogP contribution is 2.17. The van der Waals surface area contributed by atoms with Crippen molar-refractivity contribution in [2.75, 3.05) is 6.54 Å². The third-order valence-corrected chi connectivity index (χ3v) is 1.92. The first-order chi connectivity index (χ1) is 6.66. The maximum atomic E-state index is 11.2. The Hall–Kier alpha value is -1.79. The highest BCUT2D eigenvalue weighted by Gasteiger charge is 2.36. The number of carboxylic acids is 1. The number of hydrazine groups is 1. The molecule has 0 aromatic carbocycles. The third kappa shape index (κ3) is 2.12. The van der Waals surface area contributed by atoms with E-state index in [1.54, 1.807) is 0 Å². The minimum atomic E-state index is -1.03. The van der Waals surface area contributed by atoms with Crippen LogP contribution in [0, 0.1) is 5.21 Å². The second-order valence-electron chi connectivity index (χ2n) is 2.77. The van der Waals surface area contributed by atoms with Crippen molar-refractivity contribution in [1.82, 2.24) is 5.01 Å². The van der Waals surface area contributed by atoms with Crippen LogP contribution in [0.4, 0.5) is 0 Å². The monoisotopic (exact) mass is 201 g/mol. The quantitative estimate of drug-likeness (QED) is 0.309. The van der Waals surface area contributed by atoms with Crippen LogP contribution in [0.2, 0.25) is 0 Å². The number of rotatable bonds is 4. The summed E-state index contributed by atoms with van der Waals surface area (Å²) in [4.78, 5) is 15.1. The van der Waals surface area contributed by atoms with Gasteiger partial charge in [0.25, 0.3) is 0 Å². The highest BCUT2D eigenvalue weighted by molar-refractivity contribution is 5.73. The van der Waals surface area contributed by atoms with Crippen molar-refractivity contribution in [2.45, 2.75) is 18.9 Å². The minimum absolute atomic E-state index is 0.146. The summed E-state index contributed by atoms with van der Waals surface area (Å²) in [5, 5.41) is 24.1. The van der Waals surface area contributed by atoms with Gasteiger partial charge in [-0.15, -0.1) is 5.01 Å². The van der Waals surface area contributed by atoms with Crippen molar-refractivity contribution in [1.29, 1.82) is 0 Å². The molecule has 14 heavy (non-hydrogen) atoms. The van der Waals surface area contributed by atoms with E-state index in [9.17, 15) is 10.0 Å². The molecule has 0 bridgehead atoms. The topological polar surface area (TPSA) is 88.2 Å². The zero-order chi connectivity index (χ0) is 10.6. The van der Waals surface area contributed by atoms with E-state index in [1.165, 1.54) is 0 Å². The van der Waals surface area contributed by atoms with E-state index >= 15 is 0 Å². The van der Waals surface area contributed by atoms with Crippen LogP contribution < -0.4 is 0 Å². The van der Waals surface area contributed by atoms with E-state index in [0.29, 0.717) is 19.4 Å². The molecular formula is C7H11N3O4. The highest BCUT2D eigenvalue weighted by atomic mass is 16.7. The van der Waals surface area contributed by atoms with Crippen LogP contribution >= 0.6 is 0 Å². The molecule has 0 spiro atoms. The number of carbonyl (C=O) groups is 1. The fourth-order valence-electron chi connectivity index (χ4n) is 1.33.